The molecule has 0 spiro atoms. The lowest BCUT2D eigenvalue weighted by Crippen LogP contribution is -2.35. The van der Waals surface area contributed by atoms with E-state index in [-0.39, 0.29) is 23.2 Å². The molecule has 0 saturated heterocycles. The Morgan fingerprint density at radius 2 is 1.86 bits per heavy atom. The Morgan fingerprint density at radius 3 is 2.63 bits per heavy atom. The number of amides is 1. The number of sulfonamides is 1. The normalized spacial score (nSPS) is 15.6. The third kappa shape index (κ3) is 5.23. The monoisotopic (exact) mass is 532 g/mol. The summed E-state index contributed by atoms with van der Waals surface area (Å²) in [6.07, 6.45) is 3.67. The van der Waals surface area contributed by atoms with Gasteiger partial charge in [-0.3, -0.25) is 19.3 Å². The van der Waals surface area contributed by atoms with Gasteiger partial charge in [-0.2, -0.15) is 0 Å². The molecule has 5 rings (SSSR count). The average Bonchev–Trinajstić information content (AvgIpc) is 3.25. The van der Waals surface area contributed by atoms with Crippen molar-refractivity contribution in [2.24, 2.45) is 0 Å². The van der Waals surface area contributed by atoms with E-state index in [1.807, 2.05) is 24.3 Å². The van der Waals surface area contributed by atoms with E-state index in [9.17, 15) is 13.2 Å². The highest BCUT2D eigenvalue weighted by Crippen LogP contribution is 2.32. The predicted octanol–water partition coefficient (Wildman–Crippen LogP) is 4.73. The van der Waals surface area contributed by atoms with Crippen LogP contribution in [0, 0.1) is 0 Å². The third-order valence-corrected chi connectivity index (χ3v) is 9.17. The zero-order valence-electron chi connectivity index (χ0n) is 19.6. The zero-order valence-corrected chi connectivity index (χ0v) is 22.0. The standard InChI is InChI=1S/C25H28N4O3S2.ClH/c1-2-14-28-16-13-21-23(17-28)33-25(26-21)27-24(30)19-9-11-20(12-10-19)34(31,32)29-15-5-7-18-6-3-4-8-22(18)29;/h3-4,6,8-12H,2,5,7,13-17H2,1H3,(H,26,27,30);1H. The summed E-state index contributed by atoms with van der Waals surface area (Å²) >= 11 is 1.52. The van der Waals surface area contributed by atoms with Gasteiger partial charge in [-0.05, 0) is 61.7 Å². The Balaban J connectivity index is 0.00000289. The fourth-order valence-electron chi connectivity index (χ4n) is 4.63. The number of nitrogens with one attached hydrogen (secondary N) is 1. The van der Waals surface area contributed by atoms with Gasteiger partial charge in [-0.1, -0.05) is 25.1 Å². The summed E-state index contributed by atoms with van der Waals surface area (Å²) in [5.74, 6) is -0.288. The summed E-state index contributed by atoms with van der Waals surface area (Å²) in [7, 11) is -3.70. The second kappa shape index (κ2) is 10.7. The minimum atomic E-state index is -3.70. The van der Waals surface area contributed by atoms with E-state index < -0.39 is 10.0 Å². The number of benzene rings is 2. The van der Waals surface area contributed by atoms with Gasteiger partial charge in [0.25, 0.3) is 15.9 Å². The molecule has 35 heavy (non-hydrogen) atoms. The minimum Gasteiger partial charge on any atom is -0.298 e. The molecule has 0 bridgehead atoms. The first-order valence-electron chi connectivity index (χ1n) is 11.7. The molecule has 0 atom stereocenters. The van der Waals surface area contributed by atoms with Crippen molar-refractivity contribution in [2.75, 3.05) is 29.3 Å². The Hall–Kier alpha value is -2.46. The second-order valence-corrected chi connectivity index (χ2v) is 11.6. The molecule has 1 amide bonds. The number of rotatable bonds is 6. The van der Waals surface area contributed by atoms with Crippen LogP contribution in [0.4, 0.5) is 10.8 Å². The van der Waals surface area contributed by atoms with Crippen molar-refractivity contribution < 1.29 is 13.2 Å². The zero-order chi connectivity index (χ0) is 23.7. The van der Waals surface area contributed by atoms with Crippen molar-refractivity contribution in [1.29, 1.82) is 0 Å². The quantitative estimate of drug-likeness (QED) is 0.496. The van der Waals surface area contributed by atoms with Gasteiger partial charge in [-0.15, -0.1) is 23.7 Å². The SMILES string of the molecule is CCCN1CCc2nc(NC(=O)c3ccc(S(=O)(=O)N4CCCc5ccccc54)cc3)sc2C1.Cl. The number of nitrogens with zero attached hydrogens (tertiary/aromatic N) is 3. The van der Waals surface area contributed by atoms with E-state index >= 15 is 0 Å². The first kappa shape index (κ1) is 25.6. The van der Waals surface area contributed by atoms with Gasteiger partial charge in [0.1, 0.15) is 0 Å². The van der Waals surface area contributed by atoms with Gasteiger partial charge in [0.05, 0.1) is 16.3 Å². The number of carbonyl (C=O) groups excluding carboxylic acids is 1. The predicted molar refractivity (Wildman–Crippen MR) is 142 cm³/mol. The van der Waals surface area contributed by atoms with Crippen LogP contribution in [0.1, 0.15) is 46.3 Å². The molecule has 1 aromatic heterocycles. The summed E-state index contributed by atoms with van der Waals surface area (Å²) in [6.45, 7) is 5.57. The molecule has 0 aliphatic carbocycles. The maximum Gasteiger partial charge on any atom is 0.264 e. The van der Waals surface area contributed by atoms with Crippen LogP contribution >= 0.6 is 23.7 Å². The van der Waals surface area contributed by atoms with Crippen molar-refractivity contribution in [3.63, 3.8) is 0 Å². The van der Waals surface area contributed by atoms with Crippen molar-refractivity contribution >= 4 is 50.5 Å². The largest absolute Gasteiger partial charge is 0.298 e. The molecule has 10 heteroatoms. The first-order valence-corrected chi connectivity index (χ1v) is 13.9. The molecule has 2 aliphatic rings. The molecule has 1 N–H and O–H groups in total. The molecule has 0 radical (unpaired) electrons. The van der Waals surface area contributed by atoms with Gasteiger partial charge in [-0.25, -0.2) is 13.4 Å². The number of carbonyl (C=O) groups is 1. The minimum absolute atomic E-state index is 0. The van der Waals surface area contributed by atoms with E-state index in [0.29, 0.717) is 17.2 Å². The Morgan fingerprint density at radius 1 is 1.09 bits per heavy atom. The molecule has 3 heterocycles. The number of para-hydroxylation sites is 1. The van der Waals surface area contributed by atoms with Gasteiger partial charge in [0.15, 0.2) is 5.13 Å². The molecule has 0 unspecified atom stereocenters. The van der Waals surface area contributed by atoms with Crippen molar-refractivity contribution in [3.05, 3.63) is 70.2 Å². The van der Waals surface area contributed by atoms with Crippen LogP contribution in [-0.2, 0) is 29.4 Å². The second-order valence-electron chi connectivity index (χ2n) is 8.70. The van der Waals surface area contributed by atoms with Crippen LogP contribution in [0.3, 0.4) is 0 Å². The maximum absolute atomic E-state index is 13.3. The Bertz CT molecular complexity index is 1310. The van der Waals surface area contributed by atoms with Gasteiger partial charge >= 0.3 is 0 Å². The van der Waals surface area contributed by atoms with Gasteiger partial charge < -0.3 is 0 Å². The third-order valence-electron chi connectivity index (χ3n) is 6.34. The number of halogens is 1. The van der Waals surface area contributed by atoms with Crippen molar-refractivity contribution in [3.8, 4) is 0 Å². The maximum atomic E-state index is 13.3. The van der Waals surface area contributed by atoms with Crippen molar-refractivity contribution in [1.82, 2.24) is 9.88 Å². The van der Waals surface area contributed by atoms with Crippen molar-refractivity contribution in [2.45, 2.75) is 44.0 Å². The number of aryl methyl sites for hydroxylation is 1. The molecular formula is C25H29ClN4O3S2. The molecule has 2 aliphatic heterocycles. The fourth-order valence-corrected chi connectivity index (χ4v) is 7.22. The molecule has 186 valence electrons. The smallest absolute Gasteiger partial charge is 0.264 e. The molecule has 0 fully saturated rings. The Labute approximate surface area is 216 Å². The van der Waals surface area contributed by atoms with Crippen LogP contribution in [-0.4, -0.2) is 43.8 Å². The van der Waals surface area contributed by atoms with Crippen LogP contribution in [0.25, 0.3) is 0 Å². The summed E-state index contributed by atoms with van der Waals surface area (Å²) in [4.78, 5) is 21.2. The number of thiazole rings is 1. The topological polar surface area (TPSA) is 82.6 Å². The fraction of sp³-hybridized carbons (Fsp3) is 0.360. The van der Waals surface area contributed by atoms with E-state index in [2.05, 4.69) is 22.1 Å². The summed E-state index contributed by atoms with van der Waals surface area (Å²) < 4.78 is 28.1. The lowest BCUT2D eigenvalue weighted by molar-refractivity contribution is 0.102. The van der Waals surface area contributed by atoms with Crippen LogP contribution in [0.15, 0.2) is 53.4 Å². The lowest BCUT2D eigenvalue weighted by atomic mass is 10.0. The molecule has 7 nitrogen and oxygen atoms in total. The summed E-state index contributed by atoms with van der Waals surface area (Å²) in [6, 6.07) is 13.8. The number of hydrogen-bond acceptors (Lipinski definition) is 6. The van der Waals surface area contributed by atoms with Gasteiger partial charge in [0, 0.05) is 36.5 Å². The van der Waals surface area contributed by atoms with Crippen LogP contribution in [0.5, 0.6) is 0 Å². The lowest BCUT2D eigenvalue weighted by Gasteiger charge is -2.30. The highest BCUT2D eigenvalue weighted by Gasteiger charge is 2.29. The molecule has 2 aromatic carbocycles. The van der Waals surface area contributed by atoms with E-state index in [4.69, 9.17) is 0 Å². The summed E-state index contributed by atoms with van der Waals surface area (Å²) in [5, 5.41) is 3.48. The molecular weight excluding hydrogens is 504 g/mol. The summed E-state index contributed by atoms with van der Waals surface area (Å²) in [5.41, 5.74) is 3.24. The number of aromatic nitrogens is 1. The number of anilines is 2. The molecule has 3 aromatic rings. The highest BCUT2D eigenvalue weighted by atomic mass is 35.5. The van der Waals surface area contributed by atoms with Gasteiger partial charge in [0.2, 0.25) is 0 Å². The van der Waals surface area contributed by atoms with E-state index in [0.717, 1.165) is 62.3 Å². The van der Waals surface area contributed by atoms with Crippen LogP contribution < -0.4 is 9.62 Å². The van der Waals surface area contributed by atoms with E-state index in [1.165, 1.54) is 32.7 Å². The Kier molecular flexibility index (Phi) is 7.80. The number of fused-ring (bicyclic) bond motifs is 2. The van der Waals surface area contributed by atoms with Crippen LogP contribution in [0.2, 0.25) is 0 Å². The highest BCUT2D eigenvalue weighted by molar-refractivity contribution is 7.92. The first-order chi connectivity index (χ1) is 16.5. The van der Waals surface area contributed by atoms with E-state index in [1.54, 1.807) is 12.1 Å². The molecule has 0 saturated carbocycles. The number of hydrogen-bond donors (Lipinski definition) is 1. The average molecular weight is 533 g/mol.